The van der Waals surface area contributed by atoms with E-state index < -0.39 is 30.3 Å². The number of hydrogen-bond acceptors (Lipinski definition) is 7. The Morgan fingerprint density at radius 2 is 1.67 bits per heavy atom. The highest BCUT2D eigenvalue weighted by Gasteiger charge is 2.40. The standard InChI is InChI=1S/C33H44N6O6/c1-20(2)29(37-30(41)21(3)34-5)32(43)39-18-17-38(31(42)24-13-15-25(16-14-24)35-22(4)40)19-28(39)45-33(44)36-27-12-8-10-23-9-6-7-11-26(23)27/h6-7,9,11,13-16,20-21,27-29,34H,8,10,12,17-19H2,1-5H3,(H,35,40)(H,36,44)(H,37,41)/t21-,27?,28-,29-/m0/s1. The molecule has 45 heavy (non-hydrogen) atoms. The van der Waals surface area contributed by atoms with Crippen molar-refractivity contribution in [3.8, 4) is 0 Å². The van der Waals surface area contributed by atoms with E-state index in [0.29, 0.717) is 11.3 Å². The van der Waals surface area contributed by atoms with Crippen LogP contribution in [0.15, 0.2) is 48.5 Å². The molecular formula is C33H44N6O6. The Morgan fingerprint density at radius 1 is 0.956 bits per heavy atom. The van der Waals surface area contributed by atoms with E-state index in [0.717, 1.165) is 24.8 Å². The number of anilines is 1. The number of amides is 5. The van der Waals surface area contributed by atoms with E-state index in [9.17, 15) is 24.0 Å². The molecule has 1 aliphatic carbocycles. The number of nitrogens with zero attached hydrogens (tertiary/aromatic N) is 2. The third-order valence-electron chi connectivity index (χ3n) is 8.32. The van der Waals surface area contributed by atoms with Gasteiger partial charge in [-0.1, -0.05) is 38.1 Å². The number of rotatable bonds is 9. The molecule has 1 aliphatic heterocycles. The average molecular weight is 621 g/mol. The van der Waals surface area contributed by atoms with Crippen LogP contribution in [-0.4, -0.2) is 84.5 Å². The third kappa shape index (κ3) is 8.39. The van der Waals surface area contributed by atoms with Crippen LogP contribution in [-0.2, 0) is 25.5 Å². The molecule has 0 bridgehead atoms. The molecule has 12 nitrogen and oxygen atoms in total. The average Bonchev–Trinajstić information content (AvgIpc) is 3.02. The number of aryl methyl sites for hydroxylation is 1. The van der Waals surface area contributed by atoms with Crippen LogP contribution in [0.4, 0.5) is 10.5 Å². The molecule has 2 aliphatic rings. The van der Waals surface area contributed by atoms with Gasteiger partial charge >= 0.3 is 6.09 Å². The zero-order valence-electron chi connectivity index (χ0n) is 26.6. The summed E-state index contributed by atoms with van der Waals surface area (Å²) in [6.07, 6.45) is 0.824. The highest BCUT2D eigenvalue weighted by molar-refractivity contribution is 5.96. The Balaban J connectivity index is 1.54. The smallest absolute Gasteiger partial charge is 0.409 e. The van der Waals surface area contributed by atoms with E-state index >= 15 is 0 Å². The van der Waals surface area contributed by atoms with Crippen molar-refractivity contribution in [1.29, 1.82) is 0 Å². The van der Waals surface area contributed by atoms with Gasteiger partial charge in [-0.25, -0.2) is 4.79 Å². The zero-order chi connectivity index (χ0) is 32.7. The maximum atomic E-state index is 13.9. The van der Waals surface area contributed by atoms with Crippen LogP contribution in [0.2, 0.25) is 0 Å². The van der Waals surface area contributed by atoms with Gasteiger partial charge in [0.15, 0.2) is 6.23 Å². The van der Waals surface area contributed by atoms with Crippen LogP contribution in [0.3, 0.4) is 0 Å². The molecule has 0 spiro atoms. The van der Waals surface area contributed by atoms with E-state index in [1.165, 1.54) is 22.3 Å². The van der Waals surface area contributed by atoms with Gasteiger partial charge in [0.25, 0.3) is 5.91 Å². The lowest BCUT2D eigenvalue weighted by Gasteiger charge is -2.42. The first-order chi connectivity index (χ1) is 21.5. The van der Waals surface area contributed by atoms with Crippen LogP contribution >= 0.6 is 0 Å². The fraction of sp³-hybridized carbons (Fsp3) is 0.485. The van der Waals surface area contributed by atoms with Crippen LogP contribution < -0.4 is 21.3 Å². The van der Waals surface area contributed by atoms with Gasteiger partial charge in [-0.2, -0.15) is 0 Å². The fourth-order valence-corrected chi connectivity index (χ4v) is 5.68. The number of nitrogens with one attached hydrogen (secondary N) is 4. The normalized spacial score (nSPS) is 19.2. The summed E-state index contributed by atoms with van der Waals surface area (Å²) in [4.78, 5) is 67.9. The van der Waals surface area contributed by atoms with Crippen LogP contribution in [0, 0.1) is 5.92 Å². The van der Waals surface area contributed by atoms with Gasteiger partial charge < -0.3 is 35.8 Å². The molecule has 2 aromatic carbocycles. The molecule has 1 saturated heterocycles. The van der Waals surface area contributed by atoms with Crippen molar-refractivity contribution in [1.82, 2.24) is 25.8 Å². The molecule has 4 N–H and O–H groups in total. The first-order valence-corrected chi connectivity index (χ1v) is 15.5. The highest BCUT2D eigenvalue weighted by atomic mass is 16.6. The zero-order valence-corrected chi connectivity index (χ0v) is 26.6. The quantitative estimate of drug-likeness (QED) is 0.337. The maximum absolute atomic E-state index is 13.9. The monoisotopic (exact) mass is 620 g/mol. The molecule has 1 heterocycles. The first kappa shape index (κ1) is 33.4. The summed E-state index contributed by atoms with van der Waals surface area (Å²) in [6, 6.07) is 12.9. The second-order valence-electron chi connectivity index (χ2n) is 11.9. The summed E-state index contributed by atoms with van der Waals surface area (Å²) in [5, 5.41) is 11.4. The summed E-state index contributed by atoms with van der Waals surface area (Å²) < 4.78 is 5.91. The Kier molecular flexibility index (Phi) is 11.2. The second kappa shape index (κ2) is 15.0. The van der Waals surface area contributed by atoms with Crippen molar-refractivity contribution in [2.75, 3.05) is 32.0 Å². The van der Waals surface area contributed by atoms with E-state index in [4.69, 9.17) is 4.74 Å². The molecule has 0 aromatic heterocycles. The van der Waals surface area contributed by atoms with Gasteiger partial charge in [-0.3, -0.25) is 19.2 Å². The van der Waals surface area contributed by atoms with Crippen molar-refractivity contribution >= 4 is 35.4 Å². The minimum absolute atomic E-state index is 0.0572. The maximum Gasteiger partial charge on any atom is 0.409 e. The number of benzene rings is 2. The number of carbonyl (C=O) groups excluding carboxylic acids is 5. The molecule has 0 saturated carbocycles. The number of hydrogen-bond donors (Lipinski definition) is 4. The molecular weight excluding hydrogens is 576 g/mol. The topological polar surface area (TPSA) is 149 Å². The Morgan fingerprint density at radius 3 is 2.33 bits per heavy atom. The summed E-state index contributed by atoms with van der Waals surface area (Å²) in [7, 11) is 1.66. The number of fused-ring (bicyclic) bond motifs is 1. The van der Waals surface area contributed by atoms with Crippen molar-refractivity contribution in [2.24, 2.45) is 5.92 Å². The molecule has 1 fully saturated rings. The molecule has 4 rings (SSSR count). The summed E-state index contributed by atoms with van der Waals surface area (Å²) in [6.45, 7) is 7.00. The lowest BCUT2D eigenvalue weighted by atomic mass is 9.88. The van der Waals surface area contributed by atoms with E-state index in [-0.39, 0.29) is 49.3 Å². The molecule has 0 radical (unpaired) electrons. The predicted molar refractivity (Wildman–Crippen MR) is 169 cm³/mol. The Labute approximate surface area is 264 Å². The molecule has 12 heteroatoms. The number of ether oxygens (including phenoxy) is 1. The molecule has 2 aromatic rings. The molecule has 1 unspecified atom stereocenters. The SMILES string of the molecule is CN[C@@H](C)C(=O)N[C@H](C(=O)N1CCN(C(=O)c2ccc(NC(C)=O)cc2)C[C@@H]1OC(=O)NC1CCCc2ccccc21)C(C)C. The minimum Gasteiger partial charge on any atom is -0.423 e. The lowest BCUT2D eigenvalue weighted by Crippen LogP contribution is -2.63. The Bertz CT molecular complexity index is 1400. The largest absolute Gasteiger partial charge is 0.423 e. The number of carbonyl (C=O) groups is 5. The predicted octanol–water partition coefficient (Wildman–Crippen LogP) is 2.81. The van der Waals surface area contributed by atoms with Crippen molar-refractivity contribution in [3.63, 3.8) is 0 Å². The highest BCUT2D eigenvalue weighted by Crippen LogP contribution is 2.29. The Hall–Kier alpha value is -4.45. The molecule has 242 valence electrons. The van der Waals surface area contributed by atoms with Crippen LogP contribution in [0.5, 0.6) is 0 Å². The van der Waals surface area contributed by atoms with Gasteiger partial charge in [0, 0.05) is 31.3 Å². The van der Waals surface area contributed by atoms with Crippen molar-refractivity contribution in [3.05, 3.63) is 65.2 Å². The minimum atomic E-state index is -1.09. The van der Waals surface area contributed by atoms with Crippen molar-refractivity contribution in [2.45, 2.75) is 71.3 Å². The summed E-state index contributed by atoms with van der Waals surface area (Å²) >= 11 is 0. The summed E-state index contributed by atoms with van der Waals surface area (Å²) in [5.74, 6) is -1.49. The number of likely N-dealkylation sites (N-methyl/N-ethyl adjacent to an activating group) is 1. The summed E-state index contributed by atoms with van der Waals surface area (Å²) in [5.41, 5.74) is 3.17. The lowest BCUT2D eigenvalue weighted by molar-refractivity contribution is -0.151. The first-order valence-electron chi connectivity index (χ1n) is 15.5. The number of alkyl carbamates (subject to hydrolysis) is 1. The van der Waals surface area contributed by atoms with E-state index in [1.807, 2.05) is 32.0 Å². The molecule has 5 amide bonds. The van der Waals surface area contributed by atoms with Crippen molar-refractivity contribution < 1.29 is 28.7 Å². The van der Waals surface area contributed by atoms with Crippen LogP contribution in [0.1, 0.15) is 68.1 Å². The van der Waals surface area contributed by atoms with E-state index in [2.05, 4.69) is 27.3 Å². The fourth-order valence-electron chi connectivity index (χ4n) is 5.68. The van der Waals surface area contributed by atoms with Crippen LogP contribution in [0.25, 0.3) is 0 Å². The van der Waals surface area contributed by atoms with Gasteiger partial charge in [-0.05, 0) is 74.5 Å². The van der Waals surface area contributed by atoms with Gasteiger partial charge in [0.05, 0.1) is 18.6 Å². The van der Waals surface area contributed by atoms with Gasteiger partial charge in [0.2, 0.25) is 17.7 Å². The third-order valence-corrected chi connectivity index (χ3v) is 8.32. The van der Waals surface area contributed by atoms with Gasteiger partial charge in [-0.15, -0.1) is 0 Å². The number of piperazine rings is 1. The van der Waals surface area contributed by atoms with Gasteiger partial charge in [0.1, 0.15) is 6.04 Å². The second-order valence-corrected chi connectivity index (χ2v) is 11.9. The molecule has 4 atom stereocenters. The van der Waals surface area contributed by atoms with E-state index in [1.54, 1.807) is 38.2 Å².